The van der Waals surface area contributed by atoms with E-state index in [0.717, 1.165) is 36.8 Å². The molecular formula is C17H29ClIN3O3. The van der Waals surface area contributed by atoms with Gasteiger partial charge in [-0.2, -0.15) is 0 Å². The Morgan fingerprint density at radius 3 is 2.60 bits per heavy atom. The van der Waals surface area contributed by atoms with Gasteiger partial charge in [0.05, 0.1) is 33.5 Å². The first-order valence-corrected chi connectivity index (χ1v) is 8.50. The highest BCUT2D eigenvalue weighted by Gasteiger charge is 2.03. The van der Waals surface area contributed by atoms with E-state index < -0.39 is 0 Å². The number of hydrogen-bond donors (Lipinski definition) is 2. The molecule has 0 spiro atoms. The van der Waals surface area contributed by atoms with Crippen molar-refractivity contribution in [1.29, 1.82) is 0 Å². The number of nitrogens with zero attached hydrogens (tertiary/aromatic N) is 1. The molecule has 0 heterocycles. The third-order valence-electron chi connectivity index (χ3n) is 3.23. The first-order valence-electron chi connectivity index (χ1n) is 8.12. The number of ether oxygens (including phenoxy) is 3. The van der Waals surface area contributed by atoms with E-state index in [1.54, 1.807) is 14.2 Å². The van der Waals surface area contributed by atoms with Crippen molar-refractivity contribution in [2.75, 3.05) is 53.7 Å². The minimum Gasteiger partial charge on any atom is -0.497 e. The minimum atomic E-state index is 0. The second kappa shape index (κ2) is 15.5. The molecule has 1 rings (SSSR count). The molecule has 0 unspecified atom stereocenters. The number of rotatable bonds is 11. The molecule has 1 aromatic carbocycles. The molecule has 6 nitrogen and oxygen atoms in total. The second-order valence-electron chi connectivity index (χ2n) is 5.00. The highest BCUT2D eigenvalue weighted by atomic mass is 127. The Kier molecular flexibility index (Phi) is 15.0. The standard InChI is InChI=1S/C17H28ClN3O3.HI/c1-4-19-17(21-9-10-24-12-11-22-2)20-8-7-14-5-6-15(23-3)13-16(14)18;/h5-6,13H,4,7-12H2,1-3H3,(H2,19,20,21);1H. The molecule has 0 aliphatic carbocycles. The summed E-state index contributed by atoms with van der Waals surface area (Å²) in [6.07, 6.45) is 0.803. The number of nitrogens with one attached hydrogen (secondary N) is 2. The summed E-state index contributed by atoms with van der Waals surface area (Å²) in [5.74, 6) is 1.54. The summed E-state index contributed by atoms with van der Waals surface area (Å²) in [7, 11) is 3.29. The predicted molar refractivity (Wildman–Crippen MR) is 114 cm³/mol. The maximum absolute atomic E-state index is 6.25. The summed E-state index contributed by atoms with van der Waals surface area (Å²) in [5, 5.41) is 7.22. The van der Waals surface area contributed by atoms with Crippen molar-refractivity contribution in [1.82, 2.24) is 10.6 Å². The van der Waals surface area contributed by atoms with Gasteiger partial charge in [-0.05, 0) is 31.0 Å². The Morgan fingerprint density at radius 1 is 1.16 bits per heavy atom. The van der Waals surface area contributed by atoms with Gasteiger partial charge in [0.1, 0.15) is 5.75 Å². The van der Waals surface area contributed by atoms with E-state index >= 15 is 0 Å². The molecule has 0 saturated carbocycles. The fourth-order valence-electron chi connectivity index (χ4n) is 1.98. The summed E-state index contributed by atoms with van der Waals surface area (Å²) in [6.45, 7) is 5.94. The number of hydrogen-bond acceptors (Lipinski definition) is 4. The monoisotopic (exact) mass is 485 g/mol. The molecule has 0 aliphatic heterocycles. The molecule has 144 valence electrons. The van der Waals surface area contributed by atoms with Crippen LogP contribution in [0.25, 0.3) is 0 Å². The van der Waals surface area contributed by atoms with E-state index in [1.165, 1.54) is 0 Å². The number of methoxy groups -OCH3 is 2. The van der Waals surface area contributed by atoms with Crippen LogP contribution in [0.2, 0.25) is 5.02 Å². The molecule has 0 fully saturated rings. The van der Waals surface area contributed by atoms with Crippen molar-refractivity contribution in [3.63, 3.8) is 0 Å². The fourth-order valence-corrected chi connectivity index (χ4v) is 2.25. The van der Waals surface area contributed by atoms with Crippen molar-refractivity contribution < 1.29 is 14.2 Å². The van der Waals surface area contributed by atoms with E-state index in [9.17, 15) is 0 Å². The fraction of sp³-hybridized carbons (Fsp3) is 0.588. The Balaban J connectivity index is 0.00000576. The van der Waals surface area contributed by atoms with Crippen molar-refractivity contribution in [3.05, 3.63) is 28.8 Å². The van der Waals surface area contributed by atoms with Crippen LogP contribution in [0.3, 0.4) is 0 Å². The number of halogens is 2. The second-order valence-corrected chi connectivity index (χ2v) is 5.41. The summed E-state index contributed by atoms with van der Waals surface area (Å²) < 4.78 is 15.5. The van der Waals surface area contributed by atoms with Crippen molar-refractivity contribution in [2.45, 2.75) is 13.3 Å². The highest BCUT2D eigenvalue weighted by molar-refractivity contribution is 14.0. The van der Waals surface area contributed by atoms with Crippen LogP contribution in [-0.4, -0.2) is 59.6 Å². The van der Waals surface area contributed by atoms with Gasteiger partial charge in [-0.3, -0.25) is 4.99 Å². The van der Waals surface area contributed by atoms with E-state index in [-0.39, 0.29) is 24.0 Å². The quantitative estimate of drug-likeness (QED) is 0.218. The molecule has 2 N–H and O–H groups in total. The molecule has 8 heteroatoms. The average molecular weight is 486 g/mol. The van der Waals surface area contributed by atoms with Crippen LogP contribution in [0.5, 0.6) is 5.75 Å². The molecule has 0 amide bonds. The van der Waals surface area contributed by atoms with Crippen LogP contribution in [0.1, 0.15) is 12.5 Å². The van der Waals surface area contributed by atoms with Gasteiger partial charge in [0.2, 0.25) is 0 Å². The van der Waals surface area contributed by atoms with Crippen LogP contribution < -0.4 is 15.4 Å². The van der Waals surface area contributed by atoms with Gasteiger partial charge in [-0.25, -0.2) is 0 Å². The van der Waals surface area contributed by atoms with Crippen LogP contribution in [0.4, 0.5) is 0 Å². The molecular weight excluding hydrogens is 457 g/mol. The molecule has 0 aromatic heterocycles. The minimum absolute atomic E-state index is 0. The zero-order valence-corrected chi connectivity index (χ0v) is 18.2. The van der Waals surface area contributed by atoms with Gasteiger partial charge < -0.3 is 24.8 Å². The van der Waals surface area contributed by atoms with Crippen molar-refractivity contribution in [2.24, 2.45) is 4.99 Å². The smallest absolute Gasteiger partial charge is 0.191 e. The normalized spacial score (nSPS) is 11.0. The third kappa shape index (κ3) is 10.7. The maximum atomic E-state index is 6.25. The first kappa shape index (κ1) is 24.2. The van der Waals surface area contributed by atoms with Crippen LogP contribution in [-0.2, 0) is 15.9 Å². The number of benzene rings is 1. The summed E-state index contributed by atoms with van der Waals surface area (Å²) in [6, 6.07) is 5.72. The highest BCUT2D eigenvalue weighted by Crippen LogP contribution is 2.22. The van der Waals surface area contributed by atoms with Gasteiger partial charge in [0.25, 0.3) is 0 Å². The van der Waals surface area contributed by atoms with E-state index in [4.69, 9.17) is 25.8 Å². The topological polar surface area (TPSA) is 64.1 Å². The Labute approximate surface area is 172 Å². The number of guanidine groups is 1. The summed E-state index contributed by atoms with van der Waals surface area (Å²) in [5.41, 5.74) is 1.07. The zero-order valence-electron chi connectivity index (χ0n) is 15.1. The summed E-state index contributed by atoms with van der Waals surface area (Å²) in [4.78, 5) is 4.47. The lowest BCUT2D eigenvalue weighted by Crippen LogP contribution is -2.38. The summed E-state index contributed by atoms with van der Waals surface area (Å²) >= 11 is 6.25. The molecule has 0 saturated heterocycles. The first-order chi connectivity index (χ1) is 11.7. The Bertz CT molecular complexity index is 504. The number of aliphatic imine (C=N–C) groups is 1. The van der Waals surface area contributed by atoms with Crippen molar-refractivity contribution in [3.8, 4) is 5.75 Å². The van der Waals surface area contributed by atoms with Crippen LogP contribution >= 0.6 is 35.6 Å². The lowest BCUT2D eigenvalue weighted by molar-refractivity contribution is 0.0748. The van der Waals surface area contributed by atoms with Crippen LogP contribution in [0, 0.1) is 0 Å². The molecule has 0 radical (unpaired) electrons. The molecule has 0 aliphatic rings. The largest absolute Gasteiger partial charge is 0.497 e. The lowest BCUT2D eigenvalue weighted by Gasteiger charge is -2.12. The molecule has 25 heavy (non-hydrogen) atoms. The Hall–Kier alpha value is -0.770. The SMILES string of the molecule is CCNC(=NCCOCCOC)NCCc1ccc(OC)cc1Cl.I. The average Bonchev–Trinajstić information content (AvgIpc) is 2.59. The third-order valence-corrected chi connectivity index (χ3v) is 3.58. The van der Waals surface area contributed by atoms with E-state index in [2.05, 4.69) is 15.6 Å². The predicted octanol–water partition coefficient (Wildman–Crippen LogP) is 2.73. The lowest BCUT2D eigenvalue weighted by atomic mass is 10.1. The molecule has 0 atom stereocenters. The van der Waals surface area contributed by atoms with Gasteiger partial charge >= 0.3 is 0 Å². The Morgan fingerprint density at radius 2 is 1.96 bits per heavy atom. The molecule has 0 bridgehead atoms. The van der Waals surface area contributed by atoms with E-state index in [1.807, 2.05) is 25.1 Å². The van der Waals surface area contributed by atoms with Gasteiger partial charge in [-0.1, -0.05) is 17.7 Å². The molecule has 1 aromatic rings. The van der Waals surface area contributed by atoms with Gasteiger partial charge in [0, 0.05) is 25.2 Å². The van der Waals surface area contributed by atoms with E-state index in [0.29, 0.717) is 31.4 Å². The van der Waals surface area contributed by atoms with Crippen LogP contribution in [0.15, 0.2) is 23.2 Å². The maximum Gasteiger partial charge on any atom is 0.191 e. The van der Waals surface area contributed by atoms with Gasteiger partial charge in [-0.15, -0.1) is 24.0 Å². The van der Waals surface area contributed by atoms with Gasteiger partial charge in [0.15, 0.2) is 5.96 Å². The van der Waals surface area contributed by atoms with Crippen molar-refractivity contribution >= 4 is 41.5 Å². The zero-order chi connectivity index (χ0) is 17.6.